The van der Waals surface area contributed by atoms with Crippen LogP contribution in [-0.4, -0.2) is 19.5 Å². The highest BCUT2D eigenvalue weighted by molar-refractivity contribution is 6.77. The van der Waals surface area contributed by atoms with Crippen LogP contribution in [0.5, 0.6) is 0 Å². The van der Waals surface area contributed by atoms with Crippen molar-refractivity contribution in [3.63, 3.8) is 0 Å². The van der Waals surface area contributed by atoms with Crippen molar-refractivity contribution in [3.05, 3.63) is 27.9 Å². The van der Waals surface area contributed by atoms with Crippen molar-refractivity contribution in [2.24, 2.45) is 0 Å². The SMILES string of the molecule is O=C(c1ccc([N+](=O)[O-])[nH]1)C(Cl)(Cl)Cl. The summed E-state index contributed by atoms with van der Waals surface area (Å²) in [5.74, 6) is -1.17. The third kappa shape index (κ3) is 2.37. The number of carbonyl (C=O) groups excluding carboxylic acids is 1. The Hall–Kier alpha value is -0.780. The zero-order chi connectivity index (χ0) is 10.9. The molecule has 0 unspecified atom stereocenters. The van der Waals surface area contributed by atoms with Crippen molar-refractivity contribution in [2.45, 2.75) is 3.79 Å². The Labute approximate surface area is 93.1 Å². The Morgan fingerprint density at radius 3 is 2.36 bits per heavy atom. The summed E-state index contributed by atoms with van der Waals surface area (Å²) in [5, 5.41) is 10.3. The number of aromatic nitrogens is 1. The number of Topliss-reactive ketones (excluding diaryl/α,β-unsaturated/α-hetero) is 1. The van der Waals surface area contributed by atoms with Crippen LogP contribution in [0.15, 0.2) is 12.1 Å². The molecular formula is C6H3Cl3N2O3. The molecule has 0 aliphatic carbocycles. The number of carbonyl (C=O) groups is 1. The van der Waals surface area contributed by atoms with Gasteiger partial charge in [0.1, 0.15) is 0 Å². The maximum atomic E-state index is 11.3. The van der Waals surface area contributed by atoms with E-state index in [9.17, 15) is 14.9 Å². The number of nitrogens with zero attached hydrogens (tertiary/aromatic N) is 1. The van der Waals surface area contributed by atoms with Crippen LogP contribution >= 0.6 is 34.8 Å². The number of rotatable bonds is 2. The Balaban J connectivity index is 2.99. The summed E-state index contributed by atoms with van der Waals surface area (Å²) in [6, 6.07) is 2.30. The van der Waals surface area contributed by atoms with Crippen molar-refractivity contribution >= 4 is 46.4 Å². The first-order valence-electron chi connectivity index (χ1n) is 3.27. The highest BCUT2D eigenvalue weighted by Gasteiger charge is 2.34. The summed E-state index contributed by atoms with van der Waals surface area (Å²) in [7, 11) is 0. The van der Waals surface area contributed by atoms with Gasteiger partial charge >= 0.3 is 5.82 Å². The normalized spacial score (nSPS) is 11.4. The van der Waals surface area contributed by atoms with Gasteiger partial charge in [0.15, 0.2) is 5.69 Å². The first-order valence-corrected chi connectivity index (χ1v) is 4.40. The Morgan fingerprint density at radius 1 is 1.43 bits per heavy atom. The molecule has 1 aromatic rings. The minimum absolute atomic E-state index is 0.114. The Morgan fingerprint density at radius 2 is 2.00 bits per heavy atom. The molecule has 0 saturated heterocycles. The summed E-state index contributed by atoms with van der Waals surface area (Å²) in [5.41, 5.74) is -0.114. The molecule has 1 rings (SSSR count). The molecule has 8 heteroatoms. The fraction of sp³-hybridized carbons (Fsp3) is 0.167. The first-order chi connectivity index (χ1) is 6.32. The van der Waals surface area contributed by atoms with Gasteiger partial charge < -0.3 is 10.1 Å². The van der Waals surface area contributed by atoms with E-state index in [0.29, 0.717) is 0 Å². The van der Waals surface area contributed by atoms with Crippen LogP contribution in [0.4, 0.5) is 5.82 Å². The molecule has 0 aliphatic heterocycles. The quantitative estimate of drug-likeness (QED) is 0.383. The molecule has 0 atom stereocenters. The van der Waals surface area contributed by atoms with Crippen LogP contribution in [0.25, 0.3) is 0 Å². The smallest absolute Gasteiger partial charge is 0.321 e. The van der Waals surface area contributed by atoms with E-state index in [1.165, 1.54) is 6.07 Å². The fourth-order valence-corrected chi connectivity index (χ4v) is 1.08. The molecule has 14 heavy (non-hydrogen) atoms. The Bertz CT molecular complexity index is 382. The van der Waals surface area contributed by atoms with E-state index in [2.05, 4.69) is 4.98 Å². The van der Waals surface area contributed by atoms with Gasteiger partial charge in [-0.15, -0.1) is 0 Å². The molecule has 0 amide bonds. The number of hydrogen-bond donors (Lipinski definition) is 1. The average molecular weight is 257 g/mol. The van der Waals surface area contributed by atoms with Crippen molar-refractivity contribution < 1.29 is 9.72 Å². The van der Waals surface area contributed by atoms with Gasteiger partial charge in [-0.3, -0.25) is 4.79 Å². The summed E-state index contributed by atoms with van der Waals surface area (Å²) < 4.78 is -2.11. The van der Waals surface area contributed by atoms with Gasteiger partial charge in [0.2, 0.25) is 0 Å². The summed E-state index contributed by atoms with van der Waals surface area (Å²) in [6.45, 7) is 0. The number of aromatic amines is 1. The van der Waals surface area contributed by atoms with Crippen LogP contribution in [0.3, 0.4) is 0 Å². The number of H-pyrrole nitrogens is 1. The van der Waals surface area contributed by atoms with Gasteiger partial charge in [-0.05, 0) is 11.0 Å². The van der Waals surface area contributed by atoms with Gasteiger partial charge in [0, 0.05) is 6.07 Å². The predicted octanol–water partition coefficient (Wildman–Crippen LogP) is 2.48. The number of nitrogens with one attached hydrogen (secondary N) is 1. The van der Waals surface area contributed by atoms with E-state index in [4.69, 9.17) is 34.8 Å². The van der Waals surface area contributed by atoms with Gasteiger partial charge in [0.05, 0.1) is 0 Å². The monoisotopic (exact) mass is 256 g/mol. The maximum absolute atomic E-state index is 11.3. The zero-order valence-corrected chi connectivity index (χ0v) is 8.73. The third-order valence-electron chi connectivity index (χ3n) is 1.37. The molecule has 5 nitrogen and oxygen atoms in total. The highest BCUT2D eigenvalue weighted by atomic mass is 35.6. The Kier molecular flexibility index (Phi) is 3.04. The van der Waals surface area contributed by atoms with Crippen molar-refractivity contribution in [1.29, 1.82) is 0 Å². The number of alkyl halides is 3. The molecule has 0 fully saturated rings. The number of ketones is 1. The highest BCUT2D eigenvalue weighted by Crippen LogP contribution is 2.30. The second kappa shape index (κ2) is 3.76. The molecule has 1 aromatic heterocycles. The van der Waals surface area contributed by atoms with Crippen molar-refractivity contribution in [1.82, 2.24) is 4.98 Å². The lowest BCUT2D eigenvalue weighted by Gasteiger charge is -2.04. The van der Waals surface area contributed by atoms with Crippen molar-refractivity contribution in [3.8, 4) is 0 Å². The number of nitro groups is 1. The topological polar surface area (TPSA) is 76.0 Å². The second-order valence-corrected chi connectivity index (χ2v) is 4.62. The van der Waals surface area contributed by atoms with Gasteiger partial charge in [0.25, 0.3) is 9.58 Å². The molecule has 0 aliphatic rings. The van der Waals surface area contributed by atoms with E-state index in [-0.39, 0.29) is 11.5 Å². The molecule has 0 saturated carbocycles. The molecule has 1 N–H and O–H groups in total. The number of hydrogen-bond acceptors (Lipinski definition) is 3. The average Bonchev–Trinajstić information content (AvgIpc) is 2.48. The lowest BCUT2D eigenvalue weighted by Crippen LogP contribution is -2.19. The van der Waals surface area contributed by atoms with Crippen LogP contribution in [0.2, 0.25) is 0 Å². The van der Waals surface area contributed by atoms with Gasteiger partial charge in [-0.2, -0.15) is 0 Å². The summed E-state index contributed by atoms with van der Waals surface area (Å²) in [6.07, 6.45) is 0. The molecular weight excluding hydrogens is 254 g/mol. The van der Waals surface area contributed by atoms with E-state index in [0.717, 1.165) is 6.07 Å². The molecule has 0 bridgehead atoms. The molecule has 1 heterocycles. The standard InChI is InChI=1S/C6H3Cl3N2O3/c7-6(8,9)5(12)3-1-2-4(10-3)11(13)14/h1-2,10H. The zero-order valence-electron chi connectivity index (χ0n) is 6.46. The van der Waals surface area contributed by atoms with Crippen LogP contribution in [0, 0.1) is 10.1 Å². The predicted molar refractivity (Wildman–Crippen MR) is 52.1 cm³/mol. The lowest BCUT2D eigenvalue weighted by molar-refractivity contribution is -0.389. The molecule has 76 valence electrons. The third-order valence-corrected chi connectivity index (χ3v) is 1.88. The van der Waals surface area contributed by atoms with E-state index in [1.807, 2.05) is 0 Å². The lowest BCUT2D eigenvalue weighted by atomic mass is 10.3. The summed E-state index contributed by atoms with van der Waals surface area (Å²) in [4.78, 5) is 23.0. The van der Waals surface area contributed by atoms with Crippen molar-refractivity contribution in [2.75, 3.05) is 0 Å². The largest absolute Gasteiger partial charge is 0.358 e. The molecule has 0 radical (unpaired) electrons. The fourth-order valence-electron chi connectivity index (χ4n) is 0.775. The molecule has 0 aromatic carbocycles. The summed E-state index contributed by atoms with van der Waals surface area (Å²) >= 11 is 15.9. The van der Waals surface area contributed by atoms with E-state index < -0.39 is 14.5 Å². The van der Waals surface area contributed by atoms with Gasteiger partial charge in [-0.1, -0.05) is 34.8 Å². The van der Waals surface area contributed by atoms with Crippen LogP contribution in [0.1, 0.15) is 10.5 Å². The number of halogens is 3. The van der Waals surface area contributed by atoms with E-state index >= 15 is 0 Å². The maximum Gasteiger partial charge on any atom is 0.321 e. The second-order valence-electron chi connectivity index (χ2n) is 2.34. The minimum Gasteiger partial charge on any atom is -0.358 e. The van der Waals surface area contributed by atoms with E-state index in [1.54, 1.807) is 0 Å². The van der Waals surface area contributed by atoms with Gasteiger partial charge in [-0.25, -0.2) is 4.98 Å². The minimum atomic E-state index is -2.11. The molecule has 0 spiro atoms. The van der Waals surface area contributed by atoms with Crippen LogP contribution < -0.4 is 0 Å². The van der Waals surface area contributed by atoms with Crippen LogP contribution in [-0.2, 0) is 0 Å². The first kappa shape index (κ1) is 11.3.